The Morgan fingerprint density at radius 2 is 2.00 bits per heavy atom. The van der Waals surface area contributed by atoms with E-state index in [1.807, 2.05) is 0 Å². The molecule has 1 saturated heterocycles. The highest BCUT2D eigenvalue weighted by Gasteiger charge is 2.21. The summed E-state index contributed by atoms with van der Waals surface area (Å²) in [6.45, 7) is 0.977. The zero-order chi connectivity index (χ0) is 11.5. The molecule has 2 rings (SSSR count). The molecule has 0 aromatic carbocycles. The van der Waals surface area contributed by atoms with Crippen LogP contribution < -0.4 is 5.56 Å². The third-order valence-electron chi connectivity index (χ3n) is 2.46. The van der Waals surface area contributed by atoms with Crippen LogP contribution in [0.2, 0.25) is 0 Å². The fourth-order valence-electron chi connectivity index (χ4n) is 1.58. The van der Waals surface area contributed by atoms with Crippen molar-refractivity contribution >= 4 is 16.7 Å². The summed E-state index contributed by atoms with van der Waals surface area (Å²) in [4.78, 5) is 27.1. The number of nitrogens with zero attached hydrogens (tertiary/aromatic N) is 1. The normalized spacial score (nSPS) is 17.4. The second-order valence-corrected chi connectivity index (χ2v) is 5.27. The van der Waals surface area contributed by atoms with E-state index in [0.29, 0.717) is 30.3 Å². The van der Waals surface area contributed by atoms with Crippen molar-refractivity contribution in [2.45, 2.75) is 0 Å². The van der Waals surface area contributed by atoms with Gasteiger partial charge in [0.1, 0.15) is 5.69 Å². The largest absolute Gasteiger partial charge is 0.336 e. The van der Waals surface area contributed by atoms with Crippen LogP contribution in [0.1, 0.15) is 10.5 Å². The summed E-state index contributed by atoms with van der Waals surface area (Å²) < 4.78 is 11.1. The lowest BCUT2D eigenvalue weighted by atomic mass is 10.3. The fourth-order valence-corrected chi connectivity index (χ4v) is 2.64. The van der Waals surface area contributed by atoms with E-state index >= 15 is 0 Å². The SMILES string of the molecule is O=C(c1cccc(=O)[nH]1)N1CCS(=O)CC1. The van der Waals surface area contributed by atoms with Crippen molar-refractivity contribution in [3.8, 4) is 0 Å². The van der Waals surface area contributed by atoms with Gasteiger partial charge in [-0.05, 0) is 6.07 Å². The van der Waals surface area contributed by atoms with Crippen LogP contribution >= 0.6 is 0 Å². The number of amides is 1. The average molecular weight is 240 g/mol. The maximum Gasteiger partial charge on any atom is 0.270 e. The van der Waals surface area contributed by atoms with E-state index in [4.69, 9.17) is 0 Å². The molecular weight excluding hydrogens is 228 g/mol. The zero-order valence-electron chi connectivity index (χ0n) is 8.64. The molecule has 16 heavy (non-hydrogen) atoms. The maximum atomic E-state index is 11.9. The lowest BCUT2D eigenvalue weighted by molar-refractivity contribution is 0.0765. The molecule has 0 radical (unpaired) electrons. The third kappa shape index (κ3) is 2.38. The molecule has 5 nitrogen and oxygen atoms in total. The maximum absolute atomic E-state index is 11.9. The summed E-state index contributed by atoms with van der Waals surface area (Å²) in [5.41, 5.74) is 0.00613. The molecule has 86 valence electrons. The summed E-state index contributed by atoms with van der Waals surface area (Å²) in [5.74, 6) is 0.834. The van der Waals surface area contributed by atoms with E-state index < -0.39 is 10.8 Å². The summed E-state index contributed by atoms with van der Waals surface area (Å²) in [7, 11) is -0.804. The molecular formula is C10H12N2O3S. The Balaban J connectivity index is 2.13. The van der Waals surface area contributed by atoms with Crippen molar-refractivity contribution in [1.82, 2.24) is 9.88 Å². The molecule has 0 aliphatic carbocycles. The van der Waals surface area contributed by atoms with Gasteiger partial charge in [-0.2, -0.15) is 0 Å². The van der Waals surface area contributed by atoms with Crippen molar-refractivity contribution in [2.75, 3.05) is 24.6 Å². The van der Waals surface area contributed by atoms with Gasteiger partial charge in [-0.15, -0.1) is 0 Å². The fraction of sp³-hybridized carbons (Fsp3) is 0.400. The molecule has 1 aliphatic rings. The van der Waals surface area contributed by atoms with Crippen LogP contribution in [0.4, 0.5) is 0 Å². The van der Waals surface area contributed by atoms with Crippen molar-refractivity contribution in [1.29, 1.82) is 0 Å². The molecule has 1 aromatic heterocycles. The number of hydrogen-bond acceptors (Lipinski definition) is 3. The molecule has 0 bridgehead atoms. The van der Waals surface area contributed by atoms with Gasteiger partial charge >= 0.3 is 0 Å². The summed E-state index contributed by atoms with van der Waals surface area (Å²) in [6, 6.07) is 4.49. The first-order valence-corrected chi connectivity index (χ1v) is 6.49. The predicted octanol–water partition coefficient (Wildman–Crippen LogP) is -0.421. The summed E-state index contributed by atoms with van der Waals surface area (Å²) in [6.07, 6.45) is 0. The van der Waals surface area contributed by atoms with E-state index in [-0.39, 0.29) is 11.5 Å². The van der Waals surface area contributed by atoms with Crippen LogP contribution in [0, 0.1) is 0 Å². The van der Waals surface area contributed by atoms with Crippen LogP contribution in [0.25, 0.3) is 0 Å². The smallest absolute Gasteiger partial charge is 0.270 e. The van der Waals surface area contributed by atoms with E-state index in [1.165, 1.54) is 6.07 Å². The lowest BCUT2D eigenvalue weighted by Gasteiger charge is -2.26. The van der Waals surface area contributed by atoms with Crippen molar-refractivity contribution in [3.05, 3.63) is 34.2 Å². The number of nitrogens with one attached hydrogen (secondary N) is 1. The number of pyridine rings is 1. The Morgan fingerprint density at radius 3 is 2.62 bits per heavy atom. The van der Waals surface area contributed by atoms with E-state index in [9.17, 15) is 13.8 Å². The van der Waals surface area contributed by atoms with E-state index in [2.05, 4.69) is 4.98 Å². The Labute approximate surface area is 94.9 Å². The molecule has 1 N–H and O–H groups in total. The predicted molar refractivity (Wildman–Crippen MR) is 60.8 cm³/mol. The Morgan fingerprint density at radius 1 is 1.31 bits per heavy atom. The minimum absolute atomic E-state index is 0.200. The Bertz CT molecular complexity index is 473. The van der Waals surface area contributed by atoms with Crippen LogP contribution in [-0.2, 0) is 10.8 Å². The monoisotopic (exact) mass is 240 g/mol. The molecule has 1 fully saturated rings. The standard InChI is InChI=1S/C10H12N2O3S/c13-9-3-1-2-8(11-9)10(14)12-4-6-16(15)7-5-12/h1-3H,4-7H2,(H,11,13). The highest BCUT2D eigenvalue weighted by atomic mass is 32.2. The first-order chi connectivity index (χ1) is 7.66. The third-order valence-corrected chi connectivity index (χ3v) is 3.74. The van der Waals surface area contributed by atoms with Crippen LogP contribution in [-0.4, -0.2) is 44.6 Å². The highest BCUT2D eigenvalue weighted by molar-refractivity contribution is 7.85. The second-order valence-electron chi connectivity index (χ2n) is 3.57. The van der Waals surface area contributed by atoms with Gasteiger partial charge in [0.15, 0.2) is 0 Å². The quantitative estimate of drug-likeness (QED) is 0.724. The summed E-state index contributed by atoms with van der Waals surface area (Å²) >= 11 is 0. The van der Waals surface area contributed by atoms with E-state index in [0.717, 1.165) is 0 Å². The van der Waals surface area contributed by atoms with Crippen LogP contribution in [0.15, 0.2) is 23.0 Å². The van der Waals surface area contributed by atoms with Gasteiger partial charge in [-0.1, -0.05) is 6.07 Å². The topological polar surface area (TPSA) is 70.2 Å². The zero-order valence-corrected chi connectivity index (χ0v) is 9.46. The molecule has 2 heterocycles. The number of aromatic nitrogens is 1. The molecule has 6 heteroatoms. The lowest BCUT2D eigenvalue weighted by Crippen LogP contribution is -2.42. The van der Waals surface area contributed by atoms with Gasteiger partial charge in [-0.25, -0.2) is 0 Å². The van der Waals surface area contributed by atoms with Gasteiger partial charge in [0.25, 0.3) is 5.91 Å². The number of hydrogen-bond donors (Lipinski definition) is 1. The average Bonchev–Trinajstić information content (AvgIpc) is 2.29. The number of carbonyl (C=O) groups excluding carboxylic acids is 1. The van der Waals surface area contributed by atoms with Crippen molar-refractivity contribution in [3.63, 3.8) is 0 Å². The number of aromatic amines is 1. The molecule has 1 amide bonds. The molecule has 0 unspecified atom stereocenters. The van der Waals surface area contributed by atoms with Gasteiger partial charge in [0.05, 0.1) is 0 Å². The minimum atomic E-state index is -0.804. The van der Waals surface area contributed by atoms with Crippen LogP contribution in [0.3, 0.4) is 0 Å². The molecule has 0 saturated carbocycles. The number of H-pyrrole nitrogens is 1. The Hall–Kier alpha value is -1.43. The van der Waals surface area contributed by atoms with Gasteiger partial charge in [-0.3, -0.25) is 13.8 Å². The van der Waals surface area contributed by atoms with Crippen LogP contribution in [0.5, 0.6) is 0 Å². The van der Waals surface area contributed by atoms with Gasteiger partial charge in [0.2, 0.25) is 5.56 Å². The van der Waals surface area contributed by atoms with Crippen molar-refractivity contribution < 1.29 is 9.00 Å². The van der Waals surface area contributed by atoms with Gasteiger partial charge in [0, 0.05) is 41.5 Å². The van der Waals surface area contributed by atoms with E-state index in [1.54, 1.807) is 17.0 Å². The number of rotatable bonds is 1. The first kappa shape index (κ1) is 11.1. The highest BCUT2D eigenvalue weighted by Crippen LogP contribution is 2.05. The summed E-state index contributed by atoms with van der Waals surface area (Å²) in [5, 5.41) is 0. The minimum Gasteiger partial charge on any atom is -0.336 e. The van der Waals surface area contributed by atoms with Gasteiger partial charge < -0.3 is 9.88 Å². The number of carbonyl (C=O) groups is 1. The molecule has 0 atom stereocenters. The molecule has 1 aromatic rings. The molecule has 1 aliphatic heterocycles. The Kier molecular flexibility index (Phi) is 3.19. The second kappa shape index (κ2) is 4.61. The van der Waals surface area contributed by atoms with Crippen molar-refractivity contribution in [2.24, 2.45) is 0 Å². The first-order valence-electron chi connectivity index (χ1n) is 5.00. The molecule has 0 spiro atoms.